The van der Waals surface area contributed by atoms with E-state index in [0.29, 0.717) is 19.4 Å². The Labute approximate surface area is 431 Å². The van der Waals surface area contributed by atoms with E-state index in [1.165, 1.54) is 276 Å². The Morgan fingerprint density at radius 3 is 1.03 bits per heavy atom. The number of amides is 1. The van der Waals surface area contributed by atoms with Gasteiger partial charge in [0.05, 0.1) is 25.4 Å². The first-order chi connectivity index (χ1) is 34.0. The smallest absolute Gasteiger partial charge is 0.305 e. The molecular weight excluding hydrogens is 851 g/mol. The van der Waals surface area contributed by atoms with Gasteiger partial charge in [-0.15, -0.1) is 0 Å². The Morgan fingerprint density at radius 1 is 0.391 bits per heavy atom. The number of allylic oxidation sites excluding steroid dienone is 3. The maximum absolute atomic E-state index is 12.4. The molecule has 0 aromatic carbocycles. The van der Waals surface area contributed by atoms with Crippen LogP contribution in [0.2, 0.25) is 0 Å². The average molecular weight is 973 g/mol. The van der Waals surface area contributed by atoms with Crippen LogP contribution in [0, 0.1) is 0 Å². The zero-order valence-electron chi connectivity index (χ0n) is 46.6. The summed E-state index contributed by atoms with van der Waals surface area (Å²) in [6, 6.07) is -0.629. The molecule has 0 aliphatic carbocycles. The van der Waals surface area contributed by atoms with E-state index in [4.69, 9.17) is 4.74 Å². The van der Waals surface area contributed by atoms with E-state index in [-0.39, 0.29) is 18.5 Å². The average Bonchev–Trinajstić information content (AvgIpc) is 3.35. The molecule has 0 bridgehead atoms. The molecule has 0 rings (SSSR count). The summed E-state index contributed by atoms with van der Waals surface area (Å²) >= 11 is 0. The van der Waals surface area contributed by atoms with E-state index in [2.05, 4.69) is 31.3 Å². The van der Waals surface area contributed by atoms with Crippen molar-refractivity contribution in [3.8, 4) is 0 Å². The lowest BCUT2D eigenvalue weighted by Gasteiger charge is -2.20. The summed E-state index contributed by atoms with van der Waals surface area (Å²) < 4.78 is 5.50. The van der Waals surface area contributed by atoms with Crippen LogP contribution in [0.4, 0.5) is 0 Å². The zero-order valence-corrected chi connectivity index (χ0v) is 46.6. The van der Waals surface area contributed by atoms with Crippen molar-refractivity contribution in [3.63, 3.8) is 0 Å². The topological polar surface area (TPSA) is 95.9 Å². The number of rotatable bonds is 58. The van der Waals surface area contributed by atoms with Crippen molar-refractivity contribution in [3.05, 3.63) is 24.3 Å². The molecule has 6 nitrogen and oxygen atoms in total. The summed E-state index contributed by atoms with van der Waals surface area (Å²) in [5.41, 5.74) is 0. The highest BCUT2D eigenvalue weighted by atomic mass is 16.5. The lowest BCUT2D eigenvalue weighted by molar-refractivity contribution is -0.143. The van der Waals surface area contributed by atoms with E-state index < -0.39 is 12.1 Å². The van der Waals surface area contributed by atoms with Gasteiger partial charge in [0.1, 0.15) is 0 Å². The molecule has 2 atom stereocenters. The van der Waals surface area contributed by atoms with Crippen LogP contribution < -0.4 is 5.32 Å². The fourth-order valence-electron chi connectivity index (χ4n) is 9.69. The van der Waals surface area contributed by atoms with Crippen LogP contribution in [-0.2, 0) is 14.3 Å². The Hall–Kier alpha value is -1.66. The molecule has 0 fully saturated rings. The minimum Gasteiger partial charge on any atom is -0.466 e. The maximum atomic E-state index is 12.4. The molecule has 0 heterocycles. The van der Waals surface area contributed by atoms with E-state index in [1.807, 2.05) is 6.08 Å². The molecule has 408 valence electrons. The van der Waals surface area contributed by atoms with Gasteiger partial charge < -0.3 is 20.3 Å². The van der Waals surface area contributed by atoms with Crippen LogP contribution in [0.1, 0.15) is 341 Å². The SMILES string of the molecule is CCCCCCCCCCC/C=C/C(O)C(CO)NC(=O)CCCCCCCCCC/C=C\CCCCCCCCCCCCCCOC(=O)CCCCCCCCCCCCCCCCCCC. The first-order valence-corrected chi connectivity index (χ1v) is 31.1. The third-order valence-electron chi connectivity index (χ3n) is 14.5. The zero-order chi connectivity index (χ0) is 50.0. The van der Waals surface area contributed by atoms with E-state index in [0.717, 1.165) is 38.5 Å². The Morgan fingerprint density at radius 2 is 0.681 bits per heavy atom. The summed E-state index contributed by atoms with van der Waals surface area (Å²) in [7, 11) is 0. The van der Waals surface area contributed by atoms with Gasteiger partial charge in [-0.2, -0.15) is 0 Å². The number of nitrogens with one attached hydrogen (secondary N) is 1. The van der Waals surface area contributed by atoms with Gasteiger partial charge in [-0.25, -0.2) is 0 Å². The Bertz CT molecular complexity index is 1080. The number of hydrogen-bond donors (Lipinski definition) is 3. The highest BCUT2D eigenvalue weighted by Crippen LogP contribution is 2.17. The molecule has 3 N–H and O–H groups in total. The predicted octanol–water partition coefficient (Wildman–Crippen LogP) is 19.4. The van der Waals surface area contributed by atoms with Crippen LogP contribution in [0.3, 0.4) is 0 Å². The molecule has 1 amide bonds. The van der Waals surface area contributed by atoms with Crippen molar-refractivity contribution in [1.82, 2.24) is 5.32 Å². The Kier molecular flexibility index (Phi) is 57.5. The molecule has 0 radical (unpaired) electrons. The number of ether oxygens (including phenoxy) is 1. The van der Waals surface area contributed by atoms with Crippen molar-refractivity contribution in [2.75, 3.05) is 13.2 Å². The standard InChI is InChI=1S/C63H121NO5/c1-3-5-7-9-11-13-15-16-17-26-30-33-37-41-45-49-53-57-63(68)69-58-54-50-46-42-38-34-31-28-25-23-21-19-18-20-22-24-27-29-32-36-40-44-48-52-56-62(67)64-60(59-65)61(66)55-51-47-43-39-35-14-12-10-8-6-4-2/h20,22,51,55,60-61,65-66H,3-19,21,23-50,52-54,56-59H2,1-2H3,(H,64,67)/b22-20-,55-51+. The molecule has 0 saturated heterocycles. The highest BCUT2D eigenvalue weighted by molar-refractivity contribution is 5.76. The van der Waals surface area contributed by atoms with Gasteiger partial charge in [0.25, 0.3) is 0 Å². The van der Waals surface area contributed by atoms with Gasteiger partial charge >= 0.3 is 5.97 Å². The normalized spacial score (nSPS) is 12.7. The second-order valence-electron chi connectivity index (χ2n) is 21.4. The maximum Gasteiger partial charge on any atom is 0.305 e. The molecule has 69 heavy (non-hydrogen) atoms. The van der Waals surface area contributed by atoms with E-state index in [1.54, 1.807) is 6.08 Å². The van der Waals surface area contributed by atoms with Crippen LogP contribution >= 0.6 is 0 Å². The molecule has 0 aliphatic rings. The van der Waals surface area contributed by atoms with Crippen LogP contribution in [0.15, 0.2) is 24.3 Å². The fraction of sp³-hybridized carbons (Fsp3) is 0.905. The molecule has 0 aliphatic heterocycles. The molecule has 0 aromatic rings. The molecule has 0 saturated carbocycles. The lowest BCUT2D eigenvalue weighted by Crippen LogP contribution is -2.45. The molecular formula is C63H121NO5. The van der Waals surface area contributed by atoms with E-state index >= 15 is 0 Å². The molecule has 0 spiro atoms. The minimum absolute atomic E-state index is 0.0162. The number of aliphatic hydroxyl groups excluding tert-OH is 2. The van der Waals surface area contributed by atoms with Crippen LogP contribution in [0.5, 0.6) is 0 Å². The fourth-order valence-corrected chi connectivity index (χ4v) is 9.69. The van der Waals surface area contributed by atoms with Gasteiger partial charge in [-0.3, -0.25) is 9.59 Å². The lowest BCUT2D eigenvalue weighted by atomic mass is 10.0. The number of carbonyl (C=O) groups excluding carboxylic acids is 2. The number of esters is 1. The van der Waals surface area contributed by atoms with Gasteiger partial charge in [-0.1, -0.05) is 295 Å². The first-order valence-electron chi connectivity index (χ1n) is 31.1. The Balaban J connectivity index is 3.38. The van der Waals surface area contributed by atoms with Crippen molar-refractivity contribution >= 4 is 11.9 Å². The number of hydrogen-bond acceptors (Lipinski definition) is 5. The molecule has 0 aromatic heterocycles. The number of unbranched alkanes of at least 4 members (excludes halogenated alkanes) is 45. The van der Waals surface area contributed by atoms with Gasteiger partial charge in [0.15, 0.2) is 0 Å². The van der Waals surface area contributed by atoms with E-state index in [9.17, 15) is 19.8 Å². The highest BCUT2D eigenvalue weighted by Gasteiger charge is 2.18. The molecule has 6 heteroatoms. The summed E-state index contributed by atoms with van der Waals surface area (Å²) in [5.74, 6) is -0.0567. The van der Waals surface area contributed by atoms with Gasteiger partial charge in [0, 0.05) is 12.8 Å². The van der Waals surface area contributed by atoms with Crippen LogP contribution in [0.25, 0.3) is 0 Å². The summed E-state index contributed by atoms with van der Waals surface area (Å²) in [4.78, 5) is 24.5. The molecule has 2 unspecified atom stereocenters. The van der Waals surface area contributed by atoms with Crippen molar-refractivity contribution < 1.29 is 24.5 Å². The quantitative estimate of drug-likeness (QED) is 0.0321. The minimum atomic E-state index is -0.845. The number of carbonyl (C=O) groups is 2. The summed E-state index contributed by atoms with van der Waals surface area (Å²) in [5, 5.41) is 23.0. The monoisotopic (exact) mass is 972 g/mol. The van der Waals surface area contributed by atoms with Crippen molar-refractivity contribution in [2.45, 2.75) is 353 Å². The second-order valence-corrected chi connectivity index (χ2v) is 21.4. The third kappa shape index (κ3) is 55.5. The van der Waals surface area contributed by atoms with Crippen LogP contribution in [-0.4, -0.2) is 47.4 Å². The number of aliphatic hydroxyl groups is 2. The summed E-state index contributed by atoms with van der Waals surface area (Å²) in [6.07, 6.45) is 72.3. The van der Waals surface area contributed by atoms with Crippen molar-refractivity contribution in [1.29, 1.82) is 0 Å². The van der Waals surface area contributed by atoms with Gasteiger partial charge in [0.2, 0.25) is 5.91 Å². The van der Waals surface area contributed by atoms with Crippen molar-refractivity contribution in [2.24, 2.45) is 0 Å². The predicted molar refractivity (Wildman–Crippen MR) is 301 cm³/mol. The third-order valence-corrected chi connectivity index (χ3v) is 14.5. The van der Waals surface area contributed by atoms with Gasteiger partial charge in [-0.05, 0) is 57.8 Å². The summed E-state index contributed by atoms with van der Waals surface area (Å²) in [6.45, 7) is 4.91. The first kappa shape index (κ1) is 67.3. The largest absolute Gasteiger partial charge is 0.466 e. The second kappa shape index (κ2) is 58.9.